The SMILES string of the molecule is Cc1ccc(F)cc1-c1nccn1CC(C)Cc1ccnc2[nH]cnc12. The summed E-state index contributed by atoms with van der Waals surface area (Å²) in [4.78, 5) is 16.2. The van der Waals surface area contributed by atoms with Gasteiger partial charge in [0, 0.05) is 30.7 Å². The van der Waals surface area contributed by atoms with E-state index >= 15 is 0 Å². The molecule has 4 rings (SSSR count). The first-order valence-corrected chi connectivity index (χ1v) is 8.66. The molecule has 0 saturated carbocycles. The quantitative estimate of drug-likeness (QED) is 0.589. The van der Waals surface area contributed by atoms with Crippen molar-refractivity contribution in [3.8, 4) is 11.4 Å². The Morgan fingerprint density at radius 1 is 1.15 bits per heavy atom. The fourth-order valence-corrected chi connectivity index (χ4v) is 3.38. The fourth-order valence-electron chi connectivity index (χ4n) is 3.38. The lowest BCUT2D eigenvalue weighted by Gasteiger charge is -2.16. The summed E-state index contributed by atoms with van der Waals surface area (Å²) in [6.45, 7) is 4.96. The minimum Gasteiger partial charge on any atom is -0.331 e. The van der Waals surface area contributed by atoms with Gasteiger partial charge >= 0.3 is 0 Å². The van der Waals surface area contributed by atoms with Crippen molar-refractivity contribution in [2.75, 3.05) is 0 Å². The van der Waals surface area contributed by atoms with Gasteiger partial charge in [-0.15, -0.1) is 0 Å². The van der Waals surface area contributed by atoms with Gasteiger partial charge in [0.25, 0.3) is 0 Å². The van der Waals surface area contributed by atoms with Gasteiger partial charge in [0.15, 0.2) is 5.65 Å². The van der Waals surface area contributed by atoms with Gasteiger partial charge in [-0.2, -0.15) is 0 Å². The number of fused-ring (bicyclic) bond motifs is 1. The molecule has 0 saturated heterocycles. The zero-order valence-electron chi connectivity index (χ0n) is 14.8. The number of pyridine rings is 1. The van der Waals surface area contributed by atoms with E-state index in [-0.39, 0.29) is 5.82 Å². The van der Waals surface area contributed by atoms with Crippen LogP contribution in [-0.4, -0.2) is 24.5 Å². The van der Waals surface area contributed by atoms with Crippen LogP contribution >= 0.6 is 0 Å². The van der Waals surface area contributed by atoms with Crippen LogP contribution in [0.5, 0.6) is 0 Å². The molecule has 1 atom stereocenters. The summed E-state index contributed by atoms with van der Waals surface area (Å²) < 4.78 is 15.8. The molecule has 4 aromatic rings. The lowest BCUT2D eigenvalue weighted by Crippen LogP contribution is -2.11. The summed E-state index contributed by atoms with van der Waals surface area (Å²) in [5.74, 6) is 0.915. The highest BCUT2D eigenvalue weighted by atomic mass is 19.1. The van der Waals surface area contributed by atoms with E-state index in [1.54, 1.807) is 30.9 Å². The number of hydrogen-bond donors (Lipinski definition) is 1. The maximum absolute atomic E-state index is 13.7. The Hall–Kier alpha value is -3.02. The summed E-state index contributed by atoms with van der Waals surface area (Å²) in [5.41, 5.74) is 4.76. The molecule has 0 aliphatic rings. The van der Waals surface area contributed by atoms with Crippen LogP contribution in [0.3, 0.4) is 0 Å². The highest BCUT2D eigenvalue weighted by Gasteiger charge is 2.14. The smallest absolute Gasteiger partial charge is 0.157 e. The van der Waals surface area contributed by atoms with E-state index in [4.69, 9.17) is 0 Å². The second-order valence-electron chi connectivity index (χ2n) is 6.74. The molecule has 1 N–H and O–H groups in total. The van der Waals surface area contributed by atoms with Crippen LogP contribution in [0.4, 0.5) is 4.39 Å². The second-order valence-corrected chi connectivity index (χ2v) is 6.74. The monoisotopic (exact) mass is 349 g/mol. The van der Waals surface area contributed by atoms with Gasteiger partial charge < -0.3 is 9.55 Å². The minimum absolute atomic E-state index is 0.245. The van der Waals surface area contributed by atoms with Crippen LogP contribution in [0.1, 0.15) is 18.1 Å². The van der Waals surface area contributed by atoms with Gasteiger partial charge in [0.1, 0.15) is 17.2 Å². The third kappa shape index (κ3) is 3.10. The number of benzene rings is 1. The molecule has 0 aliphatic carbocycles. The van der Waals surface area contributed by atoms with Gasteiger partial charge in [-0.05, 0) is 48.6 Å². The van der Waals surface area contributed by atoms with E-state index in [2.05, 4.69) is 31.4 Å². The van der Waals surface area contributed by atoms with Crippen molar-refractivity contribution in [2.45, 2.75) is 26.8 Å². The maximum atomic E-state index is 13.7. The van der Waals surface area contributed by atoms with Crippen LogP contribution in [0.25, 0.3) is 22.6 Å². The van der Waals surface area contributed by atoms with Crippen molar-refractivity contribution in [1.29, 1.82) is 0 Å². The Kier molecular flexibility index (Phi) is 4.24. The maximum Gasteiger partial charge on any atom is 0.157 e. The first-order chi connectivity index (χ1) is 12.6. The molecule has 0 aliphatic heterocycles. The summed E-state index contributed by atoms with van der Waals surface area (Å²) in [6, 6.07) is 6.84. The van der Waals surface area contributed by atoms with Crippen LogP contribution in [0.2, 0.25) is 0 Å². The number of halogens is 1. The zero-order chi connectivity index (χ0) is 18.1. The van der Waals surface area contributed by atoms with Crippen molar-refractivity contribution < 1.29 is 4.39 Å². The molecule has 6 heteroatoms. The van der Waals surface area contributed by atoms with E-state index in [1.165, 1.54) is 11.6 Å². The normalized spacial score (nSPS) is 12.6. The fraction of sp³-hybridized carbons (Fsp3) is 0.250. The van der Waals surface area contributed by atoms with Crippen LogP contribution in [0, 0.1) is 18.7 Å². The third-order valence-electron chi connectivity index (χ3n) is 4.64. The van der Waals surface area contributed by atoms with Gasteiger partial charge in [-0.1, -0.05) is 13.0 Å². The summed E-state index contributed by atoms with van der Waals surface area (Å²) in [7, 11) is 0. The van der Waals surface area contributed by atoms with Crippen LogP contribution in [-0.2, 0) is 13.0 Å². The van der Waals surface area contributed by atoms with E-state index in [9.17, 15) is 4.39 Å². The molecule has 0 bridgehead atoms. The largest absolute Gasteiger partial charge is 0.331 e. The topological polar surface area (TPSA) is 59.4 Å². The molecule has 132 valence electrons. The molecular weight excluding hydrogens is 329 g/mol. The Bertz CT molecular complexity index is 1050. The van der Waals surface area contributed by atoms with Crippen molar-refractivity contribution in [2.24, 2.45) is 5.92 Å². The summed E-state index contributed by atoms with van der Waals surface area (Å²) in [5, 5.41) is 0. The molecule has 1 unspecified atom stereocenters. The van der Waals surface area contributed by atoms with Gasteiger partial charge in [-0.25, -0.2) is 19.3 Å². The number of H-pyrrole nitrogens is 1. The number of nitrogens with one attached hydrogen (secondary N) is 1. The molecule has 26 heavy (non-hydrogen) atoms. The first-order valence-electron chi connectivity index (χ1n) is 8.66. The predicted molar refractivity (Wildman–Crippen MR) is 99.1 cm³/mol. The molecule has 3 heterocycles. The Balaban J connectivity index is 1.58. The number of aryl methyl sites for hydroxylation is 1. The summed E-state index contributed by atoms with van der Waals surface area (Å²) in [6.07, 6.45) is 8.08. The standard InChI is InChI=1S/C20H20FN5/c1-13(9-15-5-6-22-19-18(15)24-12-25-19)11-26-8-7-23-20(26)17-10-16(21)4-3-14(17)2/h3-8,10,12-13H,9,11H2,1-2H3,(H,22,24,25). The molecule has 0 amide bonds. The van der Waals surface area contributed by atoms with Crippen molar-refractivity contribution in [1.82, 2.24) is 24.5 Å². The van der Waals surface area contributed by atoms with E-state index in [0.717, 1.165) is 41.1 Å². The molecule has 1 aromatic carbocycles. The van der Waals surface area contributed by atoms with Crippen molar-refractivity contribution in [3.63, 3.8) is 0 Å². The second kappa shape index (κ2) is 6.71. The van der Waals surface area contributed by atoms with Crippen molar-refractivity contribution in [3.05, 3.63) is 66.1 Å². The third-order valence-corrected chi connectivity index (χ3v) is 4.64. The molecule has 0 radical (unpaired) electrons. The minimum atomic E-state index is -0.245. The molecular formula is C20H20FN5. The number of hydrogen-bond acceptors (Lipinski definition) is 3. The van der Waals surface area contributed by atoms with Gasteiger partial charge in [0.2, 0.25) is 0 Å². The molecule has 0 spiro atoms. The van der Waals surface area contributed by atoms with E-state index in [0.29, 0.717) is 5.92 Å². The molecule has 0 fully saturated rings. The average molecular weight is 349 g/mol. The lowest BCUT2D eigenvalue weighted by molar-refractivity contribution is 0.483. The van der Waals surface area contributed by atoms with Crippen LogP contribution < -0.4 is 0 Å². The Morgan fingerprint density at radius 3 is 2.92 bits per heavy atom. The lowest BCUT2D eigenvalue weighted by atomic mass is 10.0. The summed E-state index contributed by atoms with van der Waals surface area (Å²) >= 11 is 0. The van der Waals surface area contributed by atoms with Gasteiger partial charge in [-0.3, -0.25) is 0 Å². The van der Waals surface area contributed by atoms with Gasteiger partial charge in [0.05, 0.1) is 6.33 Å². The highest BCUT2D eigenvalue weighted by molar-refractivity contribution is 5.73. The van der Waals surface area contributed by atoms with E-state index in [1.807, 2.05) is 19.2 Å². The number of imidazole rings is 2. The van der Waals surface area contributed by atoms with E-state index < -0.39 is 0 Å². The first kappa shape index (κ1) is 16.4. The predicted octanol–water partition coefficient (Wildman–Crippen LogP) is 4.15. The van der Waals surface area contributed by atoms with Crippen molar-refractivity contribution >= 4 is 11.2 Å². The number of nitrogens with zero attached hydrogens (tertiary/aromatic N) is 4. The van der Waals surface area contributed by atoms with Crippen LogP contribution in [0.15, 0.2) is 49.2 Å². The number of rotatable bonds is 5. The average Bonchev–Trinajstić information content (AvgIpc) is 3.27. The number of aromatic amines is 1. The molecule has 3 aromatic heterocycles. The highest BCUT2D eigenvalue weighted by Crippen LogP contribution is 2.24. The molecule has 5 nitrogen and oxygen atoms in total. The number of aromatic nitrogens is 5. The Labute approximate surface area is 151 Å². The Morgan fingerprint density at radius 2 is 2.04 bits per heavy atom. The zero-order valence-corrected chi connectivity index (χ0v) is 14.8.